The van der Waals surface area contributed by atoms with E-state index >= 15 is 0 Å². The van der Waals surface area contributed by atoms with Crippen molar-refractivity contribution < 1.29 is 14.0 Å². The Morgan fingerprint density at radius 2 is 2.00 bits per heavy atom. The first-order chi connectivity index (χ1) is 12.0. The number of aromatic nitrogens is 1. The molecule has 0 aliphatic rings. The number of anilines is 1. The van der Waals surface area contributed by atoms with Gasteiger partial charge in [-0.1, -0.05) is 35.2 Å². The standard InChI is InChI=1S/C18H18N2O3S2/c1-11-6-7-12(2)17-16(11)19-18(25-17)20(9-14-5-4-8-23-14)15(22)10-24-13(3)21/h4-8H,9-10H2,1-3H3. The van der Waals surface area contributed by atoms with Gasteiger partial charge in [0.15, 0.2) is 10.2 Å². The zero-order valence-corrected chi connectivity index (χ0v) is 15.9. The second kappa shape index (κ2) is 7.41. The molecule has 130 valence electrons. The highest BCUT2D eigenvalue weighted by Crippen LogP contribution is 2.34. The van der Waals surface area contributed by atoms with E-state index in [2.05, 4.69) is 11.1 Å². The average molecular weight is 374 g/mol. The zero-order chi connectivity index (χ0) is 18.0. The largest absolute Gasteiger partial charge is 0.467 e. The maximum atomic E-state index is 12.7. The lowest BCUT2D eigenvalue weighted by atomic mass is 10.1. The van der Waals surface area contributed by atoms with Crippen molar-refractivity contribution in [2.75, 3.05) is 10.7 Å². The minimum Gasteiger partial charge on any atom is -0.467 e. The maximum absolute atomic E-state index is 12.7. The Hall–Kier alpha value is -2.12. The first-order valence-corrected chi connectivity index (χ1v) is 9.59. The van der Waals surface area contributed by atoms with E-state index in [0.717, 1.165) is 33.1 Å². The number of carbonyl (C=O) groups is 2. The van der Waals surface area contributed by atoms with Crippen LogP contribution in [0.2, 0.25) is 0 Å². The fraction of sp³-hybridized carbons (Fsp3) is 0.278. The Morgan fingerprint density at radius 3 is 2.64 bits per heavy atom. The Balaban J connectivity index is 1.98. The van der Waals surface area contributed by atoms with Gasteiger partial charge in [0.05, 0.1) is 28.8 Å². The monoisotopic (exact) mass is 374 g/mol. The molecule has 0 unspecified atom stereocenters. The first-order valence-electron chi connectivity index (χ1n) is 7.78. The highest BCUT2D eigenvalue weighted by atomic mass is 32.2. The summed E-state index contributed by atoms with van der Waals surface area (Å²) in [5, 5.41) is 0.542. The number of thioether (sulfide) groups is 1. The minimum absolute atomic E-state index is 0.0812. The van der Waals surface area contributed by atoms with Crippen LogP contribution in [0.4, 0.5) is 5.13 Å². The predicted molar refractivity (Wildman–Crippen MR) is 102 cm³/mol. The summed E-state index contributed by atoms with van der Waals surface area (Å²) in [5.74, 6) is 0.601. The molecule has 3 aromatic rings. The number of rotatable bonds is 5. The van der Waals surface area contributed by atoms with E-state index in [0.29, 0.717) is 17.4 Å². The molecule has 7 heteroatoms. The molecule has 2 heterocycles. The molecule has 25 heavy (non-hydrogen) atoms. The van der Waals surface area contributed by atoms with Crippen molar-refractivity contribution in [2.45, 2.75) is 27.3 Å². The van der Waals surface area contributed by atoms with E-state index in [-0.39, 0.29) is 16.8 Å². The van der Waals surface area contributed by atoms with Gasteiger partial charge in [0.1, 0.15) is 5.76 Å². The number of hydrogen-bond acceptors (Lipinski definition) is 6. The van der Waals surface area contributed by atoms with E-state index in [1.165, 1.54) is 18.3 Å². The van der Waals surface area contributed by atoms with Crippen LogP contribution in [0.1, 0.15) is 23.8 Å². The summed E-state index contributed by atoms with van der Waals surface area (Å²) in [6, 6.07) is 7.70. The Morgan fingerprint density at radius 1 is 1.24 bits per heavy atom. The molecule has 1 amide bonds. The third-order valence-corrected chi connectivity index (χ3v) is 5.77. The van der Waals surface area contributed by atoms with Crippen LogP contribution in [-0.2, 0) is 16.1 Å². The maximum Gasteiger partial charge on any atom is 0.239 e. The van der Waals surface area contributed by atoms with Crippen LogP contribution in [0.5, 0.6) is 0 Å². The van der Waals surface area contributed by atoms with Crippen molar-refractivity contribution in [1.29, 1.82) is 0 Å². The Bertz CT molecular complexity index is 877. The van der Waals surface area contributed by atoms with Gasteiger partial charge in [0.25, 0.3) is 0 Å². The van der Waals surface area contributed by atoms with Gasteiger partial charge in [-0.3, -0.25) is 14.5 Å². The molecule has 2 aromatic heterocycles. The number of benzene rings is 1. The lowest BCUT2D eigenvalue weighted by Gasteiger charge is -2.18. The van der Waals surface area contributed by atoms with Gasteiger partial charge in [0, 0.05) is 6.92 Å². The lowest BCUT2D eigenvalue weighted by Crippen LogP contribution is -2.32. The molecule has 0 atom stereocenters. The number of carbonyl (C=O) groups excluding carboxylic acids is 2. The highest BCUT2D eigenvalue weighted by Gasteiger charge is 2.22. The molecule has 0 saturated heterocycles. The second-order valence-electron chi connectivity index (χ2n) is 5.71. The number of nitrogens with zero attached hydrogens (tertiary/aromatic N) is 2. The van der Waals surface area contributed by atoms with Gasteiger partial charge in [-0.15, -0.1) is 0 Å². The summed E-state index contributed by atoms with van der Waals surface area (Å²) in [7, 11) is 0. The third-order valence-electron chi connectivity index (χ3n) is 3.76. The summed E-state index contributed by atoms with van der Waals surface area (Å²) in [4.78, 5) is 30.2. The molecule has 0 saturated carbocycles. The smallest absolute Gasteiger partial charge is 0.239 e. The zero-order valence-electron chi connectivity index (χ0n) is 14.2. The quantitative estimate of drug-likeness (QED) is 0.665. The van der Waals surface area contributed by atoms with Crippen molar-refractivity contribution in [1.82, 2.24) is 4.98 Å². The van der Waals surface area contributed by atoms with Gasteiger partial charge in [0.2, 0.25) is 5.91 Å². The molecule has 5 nitrogen and oxygen atoms in total. The van der Waals surface area contributed by atoms with Crippen LogP contribution in [0.15, 0.2) is 34.9 Å². The molecule has 0 spiro atoms. The number of amides is 1. The minimum atomic E-state index is -0.161. The van der Waals surface area contributed by atoms with Crippen molar-refractivity contribution >= 4 is 49.5 Å². The molecule has 0 radical (unpaired) electrons. The molecule has 3 rings (SSSR count). The van der Waals surface area contributed by atoms with Gasteiger partial charge in [-0.25, -0.2) is 4.98 Å². The number of fused-ring (bicyclic) bond motifs is 1. The highest BCUT2D eigenvalue weighted by molar-refractivity contribution is 8.14. The normalized spacial score (nSPS) is 11.0. The van der Waals surface area contributed by atoms with Crippen LogP contribution >= 0.6 is 23.1 Å². The van der Waals surface area contributed by atoms with Crippen LogP contribution in [0, 0.1) is 13.8 Å². The van der Waals surface area contributed by atoms with E-state index in [4.69, 9.17) is 4.42 Å². The van der Waals surface area contributed by atoms with Crippen LogP contribution in [-0.4, -0.2) is 21.8 Å². The van der Waals surface area contributed by atoms with Crippen LogP contribution in [0.3, 0.4) is 0 Å². The molecular formula is C18H18N2O3S2. The summed E-state index contributed by atoms with van der Waals surface area (Å²) < 4.78 is 6.47. The van der Waals surface area contributed by atoms with Crippen molar-refractivity contribution in [3.63, 3.8) is 0 Å². The van der Waals surface area contributed by atoms with E-state index < -0.39 is 0 Å². The van der Waals surface area contributed by atoms with Gasteiger partial charge < -0.3 is 4.42 Å². The van der Waals surface area contributed by atoms with Crippen LogP contribution < -0.4 is 4.90 Å². The fourth-order valence-corrected chi connectivity index (χ4v) is 4.04. The van der Waals surface area contributed by atoms with Crippen molar-refractivity contribution in [3.05, 3.63) is 47.4 Å². The average Bonchev–Trinajstić information content (AvgIpc) is 3.23. The van der Waals surface area contributed by atoms with Gasteiger partial charge >= 0.3 is 0 Å². The summed E-state index contributed by atoms with van der Waals surface area (Å²) >= 11 is 2.49. The second-order valence-corrected chi connectivity index (χ2v) is 7.84. The summed E-state index contributed by atoms with van der Waals surface area (Å²) in [5.41, 5.74) is 3.12. The molecular weight excluding hydrogens is 356 g/mol. The Kier molecular flexibility index (Phi) is 5.24. The van der Waals surface area contributed by atoms with E-state index in [9.17, 15) is 9.59 Å². The topological polar surface area (TPSA) is 63.4 Å². The summed E-state index contributed by atoms with van der Waals surface area (Å²) in [6.07, 6.45) is 1.58. The number of thiazole rings is 1. The molecule has 1 aromatic carbocycles. The third kappa shape index (κ3) is 3.93. The summed E-state index contributed by atoms with van der Waals surface area (Å²) in [6.45, 7) is 5.80. The molecule has 0 aliphatic carbocycles. The SMILES string of the molecule is CC(=O)SCC(=O)N(Cc1ccco1)c1nc2c(C)ccc(C)c2s1. The molecule has 0 N–H and O–H groups in total. The van der Waals surface area contributed by atoms with Crippen LogP contribution in [0.25, 0.3) is 10.2 Å². The molecule has 0 fully saturated rings. The number of hydrogen-bond donors (Lipinski definition) is 0. The number of furan rings is 1. The van der Waals surface area contributed by atoms with E-state index in [1.807, 2.05) is 26.0 Å². The van der Waals surface area contributed by atoms with Gasteiger partial charge in [-0.2, -0.15) is 0 Å². The lowest BCUT2D eigenvalue weighted by molar-refractivity contribution is -0.116. The van der Waals surface area contributed by atoms with Crippen molar-refractivity contribution in [3.8, 4) is 0 Å². The Labute approximate surface area is 154 Å². The molecule has 0 bridgehead atoms. The first kappa shape index (κ1) is 17.7. The predicted octanol–water partition coefficient (Wildman–Crippen LogP) is 4.32. The van der Waals surface area contributed by atoms with Gasteiger partial charge in [-0.05, 0) is 37.1 Å². The van der Waals surface area contributed by atoms with E-state index in [1.54, 1.807) is 17.2 Å². The molecule has 0 aliphatic heterocycles. The van der Waals surface area contributed by atoms with Crippen molar-refractivity contribution in [2.24, 2.45) is 0 Å². The number of aryl methyl sites for hydroxylation is 2. The fourth-order valence-electron chi connectivity index (χ4n) is 2.43.